The highest BCUT2D eigenvalue weighted by Gasteiger charge is 2.39. The molecule has 2 aromatic rings. The predicted octanol–water partition coefficient (Wildman–Crippen LogP) is 4.39. The van der Waals surface area contributed by atoms with Crippen LogP contribution in [-0.2, 0) is 15.8 Å². The van der Waals surface area contributed by atoms with E-state index in [1.165, 1.54) is 18.2 Å². The molecule has 1 aliphatic heterocycles. The van der Waals surface area contributed by atoms with Crippen molar-refractivity contribution in [2.24, 2.45) is 0 Å². The molecule has 0 unspecified atom stereocenters. The first-order valence-electron chi connectivity index (χ1n) is 8.45. The SMILES string of the molecule is C=CCN1C(=O)C(Nc2cccc(C(F)(F)F)c2)=C(c2ccc(C)cc2)C1=O. The first-order valence-corrected chi connectivity index (χ1v) is 8.45. The van der Waals surface area contributed by atoms with Gasteiger partial charge < -0.3 is 5.32 Å². The van der Waals surface area contributed by atoms with Crippen LogP contribution in [0.2, 0.25) is 0 Å². The molecule has 0 aliphatic carbocycles. The summed E-state index contributed by atoms with van der Waals surface area (Å²) in [6.45, 7) is 5.42. The number of nitrogens with one attached hydrogen (secondary N) is 1. The Balaban J connectivity index is 2.07. The van der Waals surface area contributed by atoms with Crippen molar-refractivity contribution < 1.29 is 22.8 Å². The van der Waals surface area contributed by atoms with Gasteiger partial charge in [-0.2, -0.15) is 13.2 Å². The van der Waals surface area contributed by atoms with E-state index < -0.39 is 23.6 Å². The summed E-state index contributed by atoms with van der Waals surface area (Å²) in [6.07, 6.45) is -3.11. The zero-order chi connectivity index (χ0) is 20.5. The van der Waals surface area contributed by atoms with Crippen LogP contribution in [0.15, 0.2) is 66.9 Å². The van der Waals surface area contributed by atoms with Gasteiger partial charge in [-0.05, 0) is 30.7 Å². The first-order chi connectivity index (χ1) is 13.2. The standard InChI is InChI=1S/C21H17F3N2O2/c1-3-11-26-19(27)17(14-9-7-13(2)8-10-14)18(20(26)28)25-16-6-4-5-15(12-16)21(22,23)24/h3-10,12,25H,1,11H2,2H3. The molecule has 144 valence electrons. The van der Waals surface area contributed by atoms with Gasteiger partial charge in [0.2, 0.25) is 0 Å². The number of imide groups is 1. The summed E-state index contributed by atoms with van der Waals surface area (Å²) >= 11 is 0. The maximum Gasteiger partial charge on any atom is 0.416 e. The fourth-order valence-corrected chi connectivity index (χ4v) is 2.89. The van der Waals surface area contributed by atoms with E-state index in [0.29, 0.717) is 5.56 Å². The molecule has 2 aromatic carbocycles. The molecule has 0 fully saturated rings. The number of aryl methyl sites for hydroxylation is 1. The van der Waals surface area contributed by atoms with Crippen LogP contribution in [0.4, 0.5) is 18.9 Å². The van der Waals surface area contributed by atoms with Gasteiger partial charge in [0, 0.05) is 12.2 Å². The fourth-order valence-electron chi connectivity index (χ4n) is 2.89. The van der Waals surface area contributed by atoms with E-state index in [1.54, 1.807) is 24.3 Å². The van der Waals surface area contributed by atoms with Crippen molar-refractivity contribution in [3.63, 3.8) is 0 Å². The van der Waals surface area contributed by atoms with Crippen molar-refractivity contribution in [3.05, 3.63) is 83.6 Å². The molecule has 1 aliphatic rings. The molecule has 0 atom stereocenters. The molecule has 4 nitrogen and oxygen atoms in total. The molecule has 1 N–H and O–H groups in total. The van der Waals surface area contributed by atoms with Crippen LogP contribution >= 0.6 is 0 Å². The third kappa shape index (κ3) is 3.69. The molecule has 0 spiro atoms. The minimum atomic E-state index is -4.52. The lowest BCUT2D eigenvalue weighted by Gasteiger charge is -2.13. The average molecular weight is 386 g/mol. The van der Waals surface area contributed by atoms with E-state index in [2.05, 4.69) is 11.9 Å². The minimum Gasteiger partial charge on any atom is -0.350 e. The summed E-state index contributed by atoms with van der Waals surface area (Å²) in [5, 5.41) is 2.72. The van der Waals surface area contributed by atoms with E-state index in [9.17, 15) is 22.8 Å². The Morgan fingerprint density at radius 2 is 1.75 bits per heavy atom. The number of hydrogen-bond acceptors (Lipinski definition) is 3. The Kier molecular flexibility index (Phi) is 5.09. The summed E-state index contributed by atoms with van der Waals surface area (Å²) in [4.78, 5) is 26.6. The number of halogens is 3. The van der Waals surface area contributed by atoms with Crippen molar-refractivity contribution in [2.75, 3.05) is 11.9 Å². The lowest BCUT2D eigenvalue weighted by molar-refractivity contribution is -0.138. The predicted molar refractivity (Wildman–Crippen MR) is 100 cm³/mol. The molecule has 2 amide bonds. The summed E-state index contributed by atoms with van der Waals surface area (Å²) < 4.78 is 38.9. The van der Waals surface area contributed by atoms with Gasteiger partial charge in [-0.15, -0.1) is 6.58 Å². The van der Waals surface area contributed by atoms with E-state index >= 15 is 0 Å². The number of rotatable bonds is 5. The van der Waals surface area contributed by atoms with Crippen molar-refractivity contribution in [1.29, 1.82) is 0 Å². The Bertz CT molecular complexity index is 976. The maximum atomic E-state index is 13.0. The van der Waals surface area contributed by atoms with Gasteiger partial charge >= 0.3 is 6.18 Å². The summed E-state index contributed by atoms with van der Waals surface area (Å²) in [6, 6.07) is 11.4. The molecule has 1 heterocycles. The smallest absolute Gasteiger partial charge is 0.350 e. The van der Waals surface area contributed by atoms with E-state index in [4.69, 9.17) is 0 Å². The molecular formula is C21H17F3N2O2. The Morgan fingerprint density at radius 3 is 2.36 bits per heavy atom. The molecule has 0 aromatic heterocycles. The third-order valence-electron chi connectivity index (χ3n) is 4.28. The Labute approximate surface area is 160 Å². The number of carbonyl (C=O) groups is 2. The van der Waals surface area contributed by atoms with E-state index in [0.717, 1.165) is 22.6 Å². The van der Waals surface area contributed by atoms with Crippen LogP contribution < -0.4 is 5.32 Å². The highest BCUT2D eigenvalue weighted by Crippen LogP contribution is 2.33. The van der Waals surface area contributed by atoms with Crippen molar-refractivity contribution in [2.45, 2.75) is 13.1 Å². The van der Waals surface area contributed by atoms with Crippen LogP contribution in [0.1, 0.15) is 16.7 Å². The summed E-state index contributed by atoms with van der Waals surface area (Å²) in [7, 11) is 0. The van der Waals surface area contributed by atoms with Crippen molar-refractivity contribution >= 4 is 23.1 Å². The maximum absolute atomic E-state index is 13.0. The van der Waals surface area contributed by atoms with Gasteiger partial charge in [0.15, 0.2) is 0 Å². The van der Waals surface area contributed by atoms with Gasteiger partial charge in [-0.3, -0.25) is 14.5 Å². The highest BCUT2D eigenvalue weighted by molar-refractivity contribution is 6.36. The zero-order valence-corrected chi connectivity index (χ0v) is 15.0. The molecule has 28 heavy (non-hydrogen) atoms. The largest absolute Gasteiger partial charge is 0.416 e. The number of carbonyl (C=O) groups excluding carboxylic acids is 2. The molecule has 7 heteroatoms. The molecular weight excluding hydrogens is 369 g/mol. The van der Waals surface area contributed by atoms with Gasteiger partial charge in [-0.25, -0.2) is 0 Å². The lowest BCUT2D eigenvalue weighted by Crippen LogP contribution is -2.32. The zero-order valence-electron chi connectivity index (χ0n) is 15.0. The molecule has 0 saturated carbocycles. The fraction of sp³-hybridized carbons (Fsp3) is 0.143. The van der Waals surface area contributed by atoms with Crippen LogP contribution in [0.25, 0.3) is 5.57 Å². The van der Waals surface area contributed by atoms with Gasteiger partial charge in [0.05, 0.1) is 11.1 Å². The average Bonchev–Trinajstić information content (AvgIpc) is 2.87. The molecule has 3 rings (SSSR count). The molecule has 0 saturated heterocycles. The second-order valence-corrected chi connectivity index (χ2v) is 6.33. The topological polar surface area (TPSA) is 49.4 Å². The number of anilines is 1. The summed E-state index contributed by atoms with van der Waals surface area (Å²) in [5.41, 5.74) is 0.742. The third-order valence-corrected chi connectivity index (χ3v) is 4.28. The van der Waals surface area contributed by atoms with E-state index in [1.807, 2.05) is 6.92 Å². The van der Waals surface area contributed by atoms with Gasteiger partial charge in [0.25, 0.3) is 11.8 Å². The van der Waals surface area contributed by atoms with E-state index in [-0.39, 0.29) is 23.5 Å². The molecule has 0 radical (unpaired) electrons. The van der Waals surface area contributed by atoms with Crippen LogP contribution in [-0.4, -0.2) is 23.3 Å². The second kappa shape index (κ2) is 7.34. The van der Waals surface area contributed by atoms with Crippen molar-refractivity contribution in [3.8, 4) is 0 Å². The van der Waals surface area contributed by atoms with Crippen LogP contribution in [0.5, 0.6) is 0 Å². The minimum absolute atomic E-state index is 0.000792. The Morgan fingerprint density at radius 1 is 1.07 bits per heavy atom. The van der Waals surface area contributed by atoms with Crippen LogP contribution in [0.3, 0.4) is 0 Å². The van der Waals surface area contributed by atoms with Crippen LogP contribution in [0, 0.1) is 6.92 Å². The highest BCUT2D eigenvalue weighted by atomic mass is 19.4. The first kappa shape index (κ1) is 19.4. The Hall–Kier alpha value is -3.35. The summed E-state index contributed by atoms with van der Waals surface area (Å²) in [5.74, 6) is -1.14. The van der Waals surface area contributed by atoms with Crippen molar-refractivity contribution in [1.82, 2.24) is 4.90 Å². The molecule has 0 bridgehead atoms. The number of hydrogen-bond donors (Lipinski definition) is 1. The lowest BCUT2D eigenvalue weighted by atomic mass is 10.0. The monoisotopic (exact) mass is 386 g/mol. The normalized spacial score (nSPS) is 14.6. The number of benzene rings is 2. The van der Waals surface area contributed by atoms with Gasteiger partial charge in [0.1, 0.15) is 5.70 Å². The quantitative estimate of drug-likeness (QED) is 0.612. The number of amides is 2. The number of nitrogens with zero attached hydrogens (tertiary/aromatic N) is 1. The second-order valence-electron chi connectivity index (χ2n) is 6.33. The number of alkyl halides is 3. The van der Waals surface area contributed by atoms with Gasteiger partial charge in [-0.1, -0.05) is 42.0 Å².